The van der Waals surface area contributed by atoms with E-state index < -0.39 is 0 Å². The van der Waals surface area contributed by atoms with E-state index in [0.717, 1.165) is 18.8 Å². The highest BCUT2D eigenvalue weighted by atomic mass is 35.5. The fourth-order valence-electron chi connectivity index (χ4n) is 1.83. The molecule has 88 valence electrons. The largest absolute Gasteiger partial charge is 0.495 e. The lowest BCUT2D eigenvalue weighted by Crippen LogP contribution is -2.29. The van der Waals surface area contributed by atoms with Crippen molar-refractivity contribution in [2.75, 3.05) is 20.2 Å². The zero-order valence-corrected chi connectivity index (χ0v) is 10.9. The van der Waals surface area contributed by atoms with Crippen LogP contribution >= 0.6 is 23.4 Å². The molecule has 2 rings (SSSR count). The van der Waals surface area contributed by atoms with Crippen LogP contribution in [0.25, 0.3) is 0 Å². The highest BCUT2D eigenvalue weighted by Gasteiger charge is 2.14. The Kier molecular flexibility index (Phi) is 4.38. The van der Waals surface area contributed by atoms with E-state index in [4.69, 9.17) is 16.3 Å². The van der Waals surface area contributed by atoms with Gasteiger partial charge < -0.3 is 10.1 Å². The van der Waals surface area contributed by atoms with Gasteiger partial charge in [0.2, 0.25) is 0 Å². The molecule has 0 aromatic heterocycles. The third-order valence-electron chi connectivity index (χ3n) is 2.71. The van der Waals surface area contributed by atoms with Gasteiger partial charge >= 0.3 is 0 Å². The van der Waals surface area contributed by atoms with Crippen LogP contribution in [0.1, 0.15) is 12.8 Å². The van der Waals surface area contributed by atoms with Crippen LogP contribution in [0.3, 0.4) is 0 Å². The quantitative estimate of drug-likeness (QED) is 0.899. The van der Waals surface area contributed by atoms with Crippen LogP contribution in [-0.2, 0) is 0 Å². The number of benzene rings is 1. The summed E-state index contributed by atoms with van der Waals surface area (Å²) in [6.45, 7) is 2.25. The van der Waals surface area contributed by atoms with E-state index in [9.17, 15) is 0 Å². The Morgan fingerprint density at radius 2 is 2.12 bits per heavy atom. The minimum absolute atomic E-state index is 0.696. The summed E-state index contributed by atoms with van der Waals surface area (Å²) in [4.78, 5) is 1.23. The van der Waals surface area contributed by atoms with Gasteiger partial charge in [-0.2, -0.15) is 0 Å². The summed E-state index contributed by atoms with van der Waals surface area (Å²) in [5.74, 6) is 0.747. The molecule has 0 radical (unpaired) electrons. The first-order chi connectivity index (χ1) is 7.79. The zero-order valence-electron chi connectivity index (χ0n) is 9.33. The maximum atomic E-state index is 6.10. The lowest BCUT2D eigenvalue weighted by molar-refractivity contribution is 0.414. The molecular weight excluding hydrogens is 242 g/mol. The lowest BCUT2D eigenvalue weighted by Gasteiger charge is -2.22. The first kappa shape index (κ1) is 12.1. The number of piperidine rings is 1. The Morgan fingerprint density at radius 3 is 2.75 bits per heavy atom. The predicted octanol–water partition coefficient (Wildman–Crippen LogP) is 3.19. The molecule has 0 unspecified atom stereocenters. The Morgan fingerprint density at radius 1 is 1.38 bits per heavy atom. The minimum Gasteiger partial charge on any atom is -0.495 e. The highest BCUT2D eigenvalue weighted by molar-refractivity contribution is 8.00. The van der Waals surface area contributed by atoms with Crippen molar-refractivity contribution >= 4 is 23.4 Å². The third kappa shape index (κ3) is 3.06. The Bertz CT molecular complexity index is 353. The smallest absolute Gasteiger partial charge is 0.137 e. The molecule has 2 nitrogen and oxygen atoms in total. The van der Waals surface area contributed by atoms with Gasteiger partial charge in [0, 0.05) is 10.1 Å². The van der Waals surface area contributed by atoms with E-state index in [0.29, 0.717) is 10.3 Å². The van der Waals surface area contributed by atoms with Crippen molar-refractivity contribution in [3.8, 4) is 5.75 Å². The number of hydrogen-bond donors (Lipinski definition) is 1. The second kappa shape index (κ2) is 5.80. The summed E-state index contributed by atoms with van der Waals surface area (Å²) < 4.78 is 5.14. The number of hydrogen-bond acceptors (Lipinski definition) is 3. The van der Waals surface area contributed by atoms with Crippen LogP contribution in [0.5, 0.6) is 5.75 Å². The van der Waals surface area contributed by atoms with Crippen LogP contribution in [0.4, 0.5) is 0 Å². The molecule has 0 spiro atoms. The van der Waals surface area contributed by atoms with Crippen molar-refractivity contribution in [2.45, 2.75) is 23.0 Å². The van der Waals surface area contributed by atoms with Crippen LogP contribution in [-0.4, -0.2) is 25.4 Å². The van der Waals surface area contributed by atoms with Gasteiger partial charge in [-0.25, -0.2) is 0 Å². The molecule has 1 saturated heterocycles. The van der Waals surface area contributed by atoms with E-state index in [-0.39, 0.29) is 0 Å². The van der Waals surface area contributed by atoms with Crippen molar-refractivity contribution in [3.63, 3.8) is 0 Å². The van der Waals surface area contributed by atoms with Crippen LogP contribution < -0.4 is 10.1 Å². The Balaban J connectivity index is 2.01. The highest BCUT2D eigenvalue weighted by Crippen LogP contribution is 2.33. The molecule has 1 aromatic carbocycles. The van der Waals surface area contributed by atoms with E-state index in [1.807, 2.05) is 23.9 Å². The minimum atomic E-state index is 0.696. The third-order valence-corrected chi connectivity index (χ3v) is 4.34. The van der Waals surface area contributed by atoms with Crippen LogP contribution in [0.2, 0.25) is 5.02 Å². The van der Waals surface area contributed by atoms with Gasteiger partial charge in [0.15, 0.2) is 0 Å². The van der Waals surface area contributed by atoms with Crippen molar-refractivity contribution in [3.05, 3.63) is 23.2 Å². The maximum Gasteiger partial charge on any atom is 0.137 e. The van der Waals surface area contributed by atoms with E-state index in [1.54, 1.807) is 7.11 Å². The number of halogens is 1. The van der Waals surface area contributed by atoms with Gasteiger partial charge in [0.25, 0.3) is 0 Å². The molecule has 1 aromatic rings. The van der Waals surface area contributed by atoms with E-state index >= 15 is 0 Å². The number of rotatable bonds is 3. The summed E-state index contributed by atoms with van der Waals surface area (Å²) >= 11 is 8.01. The molecule has 1 heterocycles. The molecule has 1 N–H and O–H groups in total. The number of methoxy groups -OCH3 is 1. The summed E-state index contributed by atoms with van der Waals surface area (Å²) in [6, 6.07) is 6.01. The first-order valence-corrected chi connectivity index (χ1v) is 6.76. The summed E-state index contributed by atoms with van der Waals surface area (Å²) in [5, 5.41) is 4.78. The molecule has 1 aliphatic rings. The number of ether oxygens (including phenoxy) is 1. The normalized spacial score (nSPS) is 17.4. The molecule has 4 heteroatoms. The molecule has 16 heavy (non-hydrogen) atoms. The topological polar surface area (TPSA) is 21.3 Å². The van der Waals surface area contributed by atoms with E-state index in [1.165, 1.54) is 17.7 Å². The fourth-order valence-corrected chi connectivity index (χ4v) is 3.34. The second-order valence-corrected chi connectivity index (χ2v) is 5.64. The van der Waals surface area contributed by atoms with Crippen molar-refractivity contribution in [1.29, 1.82) is 0 Å². The zero-order chi connectivity index (χ0) is 11.4. The van der Waals surface area contributed by atoms with Crippen LogP contribution in [0.15, 0.2) is 23.1 Å². The maximum absolute atomic E-state index is 6.10. The molecular formula is C12H16ClNOS. The monoisotopic (exact) mass is 257 g/mol. The molecule has 0 aliphatic carbocycles. The fraction of sp³-hybridized carbons (Fsp3) is 0.500. The Hall–Kier alpha value is -0.380. The lowest BCUT2D eigenvalue weighted by atomic mass is 10.2. The summed E-state index contributed by atoms with van der Waals surface area (Å²) in [5.41, 5.74) is 0. The van der Waals surface area contributed by atoms with Crippen molar-refractivity contribution in [1.82, 2.24) is 5.32 Å². The summed E-state index contributed by atoms with van der Waals surface area (Å²) in [7, 11) is 1.64. The predicted molar refractivity (Wildman–Crippen MR) is 69.8 cm³/mol. The van der Waals surface area contributed by atoms with Crippen LogP contribution in [0, 0.1) is 0 Å². The Labute approximate surface area is 106 Å². The van der Waals surface area contributed by atoms with Crippen molar-refractivity contribution in [2.24, 2.45) is 0 Å². The second-order valence-electron chi connectivity index (χ2n) is 3.86. The average Bonchev–Trinajstić information content (AvgIpc) is 2.31. The SMILES string of the molecule is COc1ccc(SC2CCNCC2)cc1Cl. The summed E-state index contributed by atoms with van der Waals surface area (Å²) in [6.07, 6.45) is 2.46. The standard InChI is InChI=1S/C12H16ClNOS/c1-15-12-3-2-10(8-11(12)13)16-9-4-6-14-7-5-9/h2-3,8-9,14H,4-7H2,1H3. The average molecular weight is 258 g/mol. The number of nitrogens with one attached hydrogen (secondary N) is 1. The van der Waals surface area contributed by atoms with Gasteiger partial charge in [-0.15, -0.1) is 11.8 Å². The molecule has 1 aliphatic heterocycles. The van der Waals surface area contributed by atoms with Gasteiger partial charge in [-0.3, -0.25) is 0 Å². The molecule has 0 atom stereocenters. The molecule has 0 saturated carbocycles. The molecule has 0 amide bonds. The molecule has 1 fully saturated rings. The number of thioether (sulfide) groups is 1. The first-order valence-electron chi connectivity index (χ1n) is 5.50. The van der Waals surface area contributed by atoms with Gasteiger partial charge in [-0.1, -0.05) is 11.6 Å². The van der Waals surface area contributed by atoms with Crippen molar-refractivity contribution < 1.29 is 4.74 Å². The van der Waals surface area contributed by atoms with Gasteiger partial charge in [0.1, 0.15) is 5.75 Å². The van der Waals surface area contributed by atoms with Gasteiger partial charge in [-0.05, 0) is 44.1 Å². The van der Waals surface area contributed by atoms with E-state index in [2.05, 4.69) is 11.4 Å². The van der Waals surface area contributed by atoms with Gasteiger partial charge in [0.05, 0.1) is 12.1 Å². The molecule has 0 bridgehead atoms.